The molecule has 1 aliphatic heterocycles. The quantitative estimate of drug-likeness (QED) is 0.678. The van der Waals surface area contributed by atoms with Crippen LogP contribution in [0.3, 0.4) is 0 Å². The van der Waals surface area contributed by atoms with Gasteiger partial charge in [0.05, 0.1) is 12.8 Å². The second kappa shape index (κ2) is 8.73. The first-order valence-electron chi connectivity index (χ1n) is 8.68. The van der Waals surface area contributed by atoms with E-state index >= 15 is 0 Å². The predicted octanol–water partition coefficient (Wildman–Crippen LogP) is 2.49. The number of carbonyl (C=O) groups excluding carboxylic acids is 3. The largest absolute Gasteiger partial charge is 0.467 e. The molecule has 1 atom stereocenters. The lowest BCUT2D eigenvalue weighted by Gasteiger charge is -2.11. The number of nitrogens with zero attached hydrogens (tertiary/aromatic N) is 1. The van der Waals surface area contributed by atoms with E-state index in [0.717, 1.165) is 10.5 Å². The van der Waals surface area contributed by atoms with E-state index in [-0.39, 0.29) is 31.2 Å². The van der Waals surface area contributed by atoms with Crippen LogP contribution in [0.25, 0.3) is 0 Å². The summed E-state index contributed by atoms with van der Waals surface area (Å²) in [6, 6.07) is 9.67. The molecule has 27 heavy (non-hydrogen) atoms. The summed E-state index contributed by atoms with van der Waals surface area (Å²) in [7, 11) is 0. The SMILES string of the molecule is O=C(CCC1NC(=O)N(Cc2ccco2)C1=O)NCCc1ccc(Cl)cc1. The van der Waals surface area contributed by atoms with E-state index in [1.165, 1.54) is 6.26 Å². The third-order valence-corrected chi connectivity index (χ3v) is 4.56. The standard InChI is InChI=1S/C19H20ClN3O4/c20-14-5-3-13(4-6-14)9-10-21-17(24)8-7-16-18(25)23(19(26)22-16)12-15-2-1-11-27-15/h1-6,11,16H,7-10,12H2,(H,21,24)(H,22,26). The van der Waals surface area contributed by atoms with Gasteiger partial charge in [0.25, 0.3) is 5.91 Å². The van der Waals surface area contributed by atoms with E-state index in [9.17, 15) is 14.4 Å². The molecule has 3 rings (SSSR count). The number of hydrogen-bond acceptors (Lipinski definition) is 4. The molecule has 2 aromatic rings. The second-order valence-electron chi connectivity index (χ2n) is 6.27. The predicted molar refractivity (Wildman–Crippen MR) is 99.0 cm³/mol. The van der Waals surface area contributed by atoms with Gasteiger partial charge < -0.3 is 15.1 Å². The third-order valence-electron chi connectivity index (χ3n) is 4.31. The Hall–Kier alpha value is -2.80. The Bertz CT molecular complexity index is 805. The van der Waals surface area contributed by atoms with Gasteiger partial charge in [0.2, 0.25) is 5.91 Å². The van der Waals surface area contributed by atoms with Crippen LogP contribution in [-0.4, -0.2) is 35.3 Å². The first kappa shape index (κ1) is 19.0. The van der Waals surface area contributed by atoms with Crippen molar-refractivity contribution in [3.63, 3.8) is 0 Å². The Balaban J connectivity index is 1.40. The van der Waals surface area contributed by atoms with E-state index < -0.39 is 12.1 Å². The first-order chi connectivity index (χ1) is 13.0. The molecule has 142 valence electrons. The van der Waals surface area contributed by atoms with Crippen LogP contribution in [-0.2, 0) is 22.6 Å². The monoisotopic (exact) mass is 389 g/mol. The highest BCUT2D eigenvalue weighted by atomic mass is 35.5. The summed E-state index contributed by atoms with van der Waals surface area (Å²) in [4.78, 5) is 37.4. The summed E-state index contributed by atoms with van der Waals surface area (Å²) >= 11 is 5.84. The molecule has 1 aliphatic rings. The number of imide groups is 1. The number of carbonyl (C=O) groups is 3. The van der Waals surface area contributed by atoms with Gasteiger partial charge in [-0.05, 0) is 42.7 Å². The van der Waals surface area contributed by atoms with Crippen LogP contribution in [0, 0.1) is 0 Å². The average Bonchev–Trinajstić information content (AvgIpc) is 3.25. The Morgan fingerprint density at radius 1 is 1.22 bits per heavy atom. The lowest BCUT2D eigenvalue weighted by Crippen LogP contribution is -2.33. The van der Waals surface area contributed by atoms with E-state index in [1.807, 2.05) is 24.3 Å². The van der Waals surface area contributed by atoms with Crippen molar-refractivity contribution >= 4 is 29.4 Å². The molecular weight excluding hydrogens is 370 g/mol. The number of rotatable bonds is 8. The average molecular weight is 390 g/mol. The Kier molecular flexibility index (Phi) is 6.13. The van der Waals surface area contributed by atoms with Crippen molar-refractivity contribution in [1.29, 1.82) is 0 Å². The maximum atomic E-state index is 12.3. The molecule has 1 saturated heterocycles. The van der Waals surface area contributed by atoms with Crippen molar-refractivity contribution in [3.8, 4) is 0 Å². The lowest BCUT2D eigenvalue weighted by molar-refractivity contribution is -0.128. The van der Waals surface area contributed by atoms with Gasteiger partial charge in [-0.1, -0.05) is 23.7 Å². The Morgan fingerprint density at radius 3 is 2.70 bits per heavy atom. The molecule has 0 bridgehead atoms. The van der Waals surface area contributed by atoms with Crippen LogP contribution in [0.2, 0.25) is 5.02 Å². The van der Waals surface area contributed by atoms with Crippen molar-refractivity contribution in [3.05, 3.63) is 59.0 Å². The van der Waals surface area contributed by atoms with E-state index in [0.29, 0.717) is 23.7 Å². The molecule has 1 aromatic carbocycles. The fourth-order valence-corrected chi connectivity index (χ4v) is 2.97. The molecule has 0 aliphatic carbocycles. The zero-order valence-corrected chi connectivity index (χ0v) is 15.4. The maximum Gasteiger partial charge on any atom is 0.325 e. The molecule has 7 nitrogen and oxygen atoms in total. The van der Waals surface area contributed by atoms with Gasteiger partial charge in [0, 0.05) is 18.0 Å². The third kappa shape index (κ3) is 5.10. The minimum Gasteiger partial charge on any atom is -0.467 e. The summed E-state index contributed by atoms with van der Waals surface area (Å²) < 4.78 is 5.17. The van der Waals surface area contributed by atoms with Crippen LogP contribution in [0.5, 0.6) is 0 Å². The smallest absolute Gasteiger partial charge is 0.325 e. The van der Waals surface area contributed by atoms with Gasteiger partial charge in [-0.3, -0.25) is 14.5 Å². The van der Waals surface area contributed by atoms with Crippen molar-refractivity contribution < 1.29 is 18.8 Å². The summed E-state index contributed by atoms with van der Waals surface area (Å²) in [5.74, 6) is 0.0277. The molecule has 0 radical (unpaired) electrons. The first-order valence-corrected chi connectivity index (χ1v) is 9.06. The highest BCUT2D eigenvalue weighted by Crippen LogP contribution is 2.15. The number of halogens is 1. The minimum atomic E-state index is -0.686. The van der Waals surface area contributed by atoms with Crippen LogP contribution >= 0.6 is 11.6 Å². The minimum absolute atomic E-state index is 0.0848. The van der Waals surface area contributed by atoms with Crippen LogP contribution < -0.4 is 10.6 Å². The molecule has 8 heteroatoms. The van der Waals surface area contributed by atoms with Crippen LogP contribution in [0.15, 0.2) is 47.1 Å². The topological polar surface area (TPSA) is 91.7 Å². The number of benzene rings is 1. The highest BCUT2D eigenvalue weighted by Gasteiger charge is 2.38. The molecule has 1 unspecified atom stereocenters. The van der Waals surface area contributed by atoms with E-state index in [2.05, 4.69) is 10.6 Å². The van der Waals surface area contributed by atoms with E-state index in [4.69, 9.17) is 16.0 Å². The second-order valence-corrected chi connectivity index (χ2v) is 6.71. The van der Waals surface area contributed by atoms with Gasteiger partial charge in [0.15, 0.2) is 0 Å². The molecule has 1 aromatic heterocycles. The zero-order valence-electron chi connectivity index (χ0n) is 14.6. The summed E-state index contributed by atoms with van der Waals surface area (Å²) in [6.45, 7) is 0.581. The molecule has 4 amide bonds. The number of hydrogen-bond donors (Lipinski definition) is 2. The highest BCUT2D eigenvalue weighted by molar-refractivity contribution is 6.30. The van der Waals surface area contributed by atoms with Gasteiger partial charge in [0.1, 0.15) is 11.8 Å². The Labute approximate surface area is 161 Å². The fourth-order valence-electron chi connectivity index (χ4n) is 2.84. The lowest BCUT2D eigenvalue weighted by atomic mass is 10.1. The Morgan fingerprint density at radius 2 is 2.00 bits per heavy atom. The number of nitrogens with one attached hydrogen (secondary N) is 2. The van der Waals surface area contributed by atoms with Gasteiger partial charge in [-0.25, -0.2) is 4.79 Å². The number of furan rings is 1. The molecular formula is C19H20ClN3O4. The normalized spacial score (nSPS) is 16.5. The fraction of sp³-hybridized carbons (Fsp3) is 0.316. The van der Waals surface area contributed by atoms with Crippen molar-refractivity contribution in [1.82, 2.24) is 15.5 Å². The zero-order chi connectivity index (χ0) is 19.2. The van der Waals surface area contributed by atoms with Gasteiger partial charge in [-0.2, -0.15) is 0 Å². The molecule has 0 saturated carbocycles. The molecule has 2 N–H and O–H groups in total. The summed E-state index contributed by atoms with van der Waals surface area (Å²) in [6.07, 6.45) is 2.59. The van der Waals surface area contributed by atoms with Crippen LogP contribution in [0.1, 0.15) is 24.2 Å². The van der Waals surface area contributed by atoms with Crippen molar-refractivity contribution in [2.24, 2.45) is 0 Å². The maximum absolute atomic E-state index is 12.3. The number of urea groups is 1. The van der Waals surface area contributed by atoms with E-state index in [1.54, 1.807) is 12.1 Å². The van der Waals surface area contributed by atoms with Crippen LogP contribution in [0.4, 0.5) is 4.79 Å². The molecule has 2 heterocycles. The molecule has 0 spiro atoms. The van der Waals surface area contributed by atoms with Crippen molar-refractivity contribution in [2.75, 3.05) is 6.54 Å². The number of amides is 4. The van der Waals surface area contributed by atoms with Crippen molar-refractivity contribution in [2.45, 2.75) is 31.8 Å². The van der Waals surface area contributed by atoms with Gasteiger partial charge in [-0.15, -0.1) is 0 Å². The molecule has 1 fully saturated rings. The summed E-state index contributed by atoms with van der Waals surface area (Å²) in [5, 5.41) is 6.10. The summed E-state index contributed by atoms with van der Waals surface area (Å²) in [5.41, 5.74) is 1.08. The van der Waals surface area contributed by atoms with Gasteiger partial charge >= 0.3 is 6.03 Å².